The Morgan fingerprint density at radius 3 is 2.67 bits per heavy atom. The molecule has 0 radical (unpaired) electrons. The van der Waals surface area contributed by atoms with Gasteiger partial charge in [0.2, 0.25) is 0 Å². The van der Waals surface area contributed by atoms with Crippen molar-refractivity contribution in [3.05, 3.63) is 29.8 Å². The van der Waals surface area contributed by atoms with E-state index < -0.39 is 0 Å². The Labute approximate surface area is 127 Å². The van der Waals surface area contributed by atoms with Gasteiger partial charge in [0, 0.05) is 24.3 Å². The van der Waals surface area contributed by atoms with Crippen LogP contribution in [0.2, 0.25) is 0 Å². The van der Waals surface area contributed by atoms with Gasteiger partial charge in [-0.15, -0.1) is 0 Å². The SMILES string of the molecule is CC(N)c1cccc(NC(=O)NCCCN(C)C(C)C)c1. The molecule has 5 heteroatoms. The predicted molar refractivity (Wildman–Crippen MR) is 88.4 cm³/mol. The van der Waals surface area contributed by atoms with Crippen molar-refractivity contribution in [3.8, 4) is 0 Å². The first-order chi connectivity index (χ1) is 9.90. The fraction of sp³-hybridized carbons (Fsp3) is 0.562. The Hall–Kier alpha value is -1.59. The number of carbonyl (C=O) groups is 1. The van der Waals surface area contributed by atoms with Gasteiger partial charge in [-0.3, -0.25) is 0 Å². The van der Waals surface area contributed by atoms with Gasteiger partial charge in [-0.25, -0.2) is 4.79 Å². The first-order valence-electron chi connectivity index (χ1n) is 7.50. The quantitative estimate of drug-likeness (QED) is 0.676. The maximum absolute atomic E-state index is 11.8. The van der Waals surface area contributed by atoms with Gasteiger partial charge in [0.15, 0.2) is 0 Å². The Balaban J connectivity index is 2.32. The first-order valence-corrected chi connectivity index (χ1v) is 7.50. The minimum atomic E-state index is -0.177. The van der Waals surface area contributed by atoms with Gasteiger partial charge in [0.25, 0.3) is 0 Å². The van der Waals surface area contributed by atoms with Crippen LogP contribution in [0, 0.1) is 0 Å². The molecule has 0 saturated carbocycles. The number of carbonyl (C=O) groups excluding carboxylic acids is 1. The average molecular weight is 292 g/mol. The lowest BCUT2D eigenvalue weighted by Gasteiger charge is -2.20. The van der Waals surface area contributed by atoms with Crippen molar-refractivity contribution >= 4 is 11.7 Å². The number of nitrogens with two attached hydrogens (primary N) is 1. The number of hydrogen-bond donors (Lipinski definition) is 3. The van der Waals surface area contributed by atoms with E-state index in [0.717, 1.165) is 24.2 Å². The van der Waals surface area contributed by atoms with Crippen molar-refractivity contribution in [2.24, 2.45) is 5.73 Å². The van der Waals surface area contributed by atoms with Gasteiger partial charge in [-0.05, 0) is 58.5 Å². The normalized spacial score (nSPS) is 12.5. The molecule has 0 heterocycles. The lowest BCUT2D eigenvalue weighted by molar-refractivity contribution is 0.248. The molecular weight excluding hydrogens is 264 g/mol. The number of hydrogen-bond acceptors (Lipinski definition) is 3. The molecule has 21 heavy (non-hydrogen) atoms. The molecule has 2 amide bonds. The zero-order valence-electron chi connectivity index (χ0n) is 13.5. The fourth-order valence-electron chi connectivity index (χ4n) is 1.86. The van der Waals surface area contributed by atoms with Crippen LogP contribution in [0.1, 0.15) is 38.8 Å². The molecule has 0 saturated heterocycles. The summed E-state index contributed by atoms with van der Waals surface area (Å²) in [4.78, 5) is 14.1. The number of anilines is 1. The van der Waals surface area contributed by atoms with Crippen molar-refractivity contribution in [1.29, 1.82) is 0 Å². The second kappa shape index (κ2) is 8.64. The summed E-state index contributed by atoms with van der Waals surface area (Å²) in [5.74, 6) is 0. The first kappa shape index (κ1) is 17.5. The van der Waals surface area contributed by atoms with E-state index in [1.165, 1.54) is 0 Å². The second-order valence-corrected chi connectivity index (χ2v) is 5.72. The molecule has 0 spiro atoms. The maximum Gasteiger partial charge on any atom is 0.319 e. The van der Waals surface area contributed by atoms with Crippen LogP contribution < -0.4 is 16.4 Å². The summed E-state index contributed by atoms with van der Waals surface area (Å²) in [6.07, 6.45) is 0.933. The van der Waals surface area contributed by atoms with Gasteiger partial charge in [0.1, 0.15) is 0 Å². The van der Waals surface area contributed by atoms with Gasteiger partial charge in [-0.1, -0.05) is 12.1 Å². The van der Waals surface area contributed by atoms with E-state index in [9.17, 15) is 4.79 Å². The number of urea groups is 1. The standard InChI is InChI=1S/C16H28N4O/c1-12(2)20(4)10-6-9-18-16(21)19-15-8-5-7-14(11-15)13(3)17/h5,7-8,11-13H,6,9-10,17H2,1-4H3,(H2,18,19,21). The average Bonchev–Trinajstić information content (AvgIpc) is 2.43. The molecule has 0 aliphatic carbocycles. The predicted octanol–water partition coefficient (Wildman–Crippen LogP) is 2.56. The number of amides is 2. The minimum absolute atomic E-state index is 0.0404. The van der Waals surface area contributed by atoms with E-state index in [1.807, 2.05) is 31.2 Å². The highest BCUT2D eigenvalue weighted by Crippen LogP contribution is 2.15. The number of nitrogens with zero attached hydrogens (tertiary/aromatic N) is 1. The third kappa shape index (κ3) is 6.60. The molecule has 1 rings (SSSR count). The molecule has 118 valence electrons. The van der Waals surface area contributed by atoms with E-state index in [-0.39, 0.29) is 12.1 Å². The molecule has 5 nitrogen and oxygen atoms in total. The third-order valence-corrected chi connectivity index (χ3v) is 3.52. The lowest BCUT2D eigenvalue weighted by Crippen LogP contribution is -2.33. The summed E-state index contributed by atoms with van der Waals surface area (Å²) in [6, 6.07) is 7.92. The number of rotatable bonds is 7. The highest BCUT2D eigenvalue weighted by Gasteiger charge is 2.05. The summed E-state index contributed by atoms with van der Waals surface area (Å²) in [5.41, 5.74) is 7.60. The maximum atomic E-state index is 11.8. The van der Waals surface area contributed by atoms with Crippen molar-refractivity contribution in [3.63, 3.8) is 0 Å². The van der Waals surface area contributed by atoms with Gasteiger partial charge >= 0.3 is 6.03 Å². The largest absolute Gasteiger partial charge is 0.338 e. The molecule has 1 unspecified atom stereocenters. The van der Waals surface area contributed by atoms with E-state index in [0.29, 0.717) is 12.6 Å². The Morgan fingerprint density at radius 1 is 1.33 bits per heavy atom. The zero-order valence-corrected chi connectivity index (χ0v) is 13.5. The van der Waals surface area contributed by atoms with Crippen LogP contribution in [0.4, 0.5) is 10.5 Å². The molecule has 1 aromatic carbocycles. The molecule has 0 aliphatic heterocycles. The van der Waals surface area contributed by atoms with Crippen molar-refractivity contribution in [2.75, 3.05) is 25.5 Å². The number of nitrogens with one attached hydrogen (secondary N) is 2. The van der Waals surface area contributed by atoms with Crippen molar-refractivity contribution < 1.29 is 4.79 Å². The summed E-state index contributed by atoms with van der Waals surface area (Å²) < 4.78 is 0. The molecule has 1 atom stereocenters. The van der Waals surface area contributed by atoms with E-state index >= 15 is 0 Å². The molecule has 1 aromatic rings. The molecule has 4 N–H and O–H groups in total. The monoisotopic (exact) mass is 292 g/mol. The van der Waals surface area contributed by atoms with Crippen LogP contribution in [0.5, 0.6) is 0 Å². The van der Waals surface area contributed by atoms with Crippen LogP contribution in [-0.4, -0.2) is 37.1 Å². The summed E-state index contributed by atoms with van der Waals surface area (Å²) >= 11 is 0. The van der Waals surface area contributed by atoms with Gasteiger partial charge < -0.3 is 21.3 Å². The van der Waals surface area contributed by atoms with Crippen LogP contribution in [0.25, 0.3) is 0 Å². The van der Waals surface area contributed by atoms with Gasteiger partial charge in [0.05, 0.1) is 0 Å². The molecule has 0 bridgehead atoms. The Kier molecular flexibility index (Phi) is 7.19. The Bertz CT molecular complexity index is 446. The number of benzene rings is 1. The summed E-state index contributed by atoms with van der Waals surface area (Å²) in [7, 11) is 2.09. The molecule has 0 fully saturated rings. The van der Waals surface area contributed by atoms with Crippen LogP contribution in [0.3, 0.4) is 0 Å². The van der Waals surface area contributed by atoms with Crippen LogP contribution in [-0.2, 0) is 0 Å². The summed E-state index contributed by atoms with van der Waals surface area (Å²) in [5, 5.41) is 5.70. The Morgan fingerprint density at radius 2 is 2.05 bits per heavy atom. The summed E-state index contributed by atoms with van der Waals surface area (Å²) in [6.45, 7) is 7.87. The fourth-order valence-corrected chi connectivity index (χ4v) is 1.86. The lowest BCUT2D eigenvalue weighted by atomic mass is 10.1. The van der Waals surface area contributed by atoms with E-state index in [1.54, 1.807) is 0 Å². The van der Waals surface area contributed by atoms with Gasteiger partial charge in [-0.2, -0.15) is 0 Å². The minimum Gasteiger partial charge on any atom is -0.338 e. The highest BCUT2D eigenvalue weighted by molar-refractivity contribution is 5.89. The van der Waals surface area contributed by atoms with Crippen molar-refractivity contribution in [2.45, 2.75) is 39.3 Å². The molecule has 0 aromatic heterocycles. The molecular formula is C16H28N4O. The molecule has 0 aliphatic rings. The third-order valence-electron chi connectivity index (χ3n) is 3.52. The topological polar surface area (TPSA) is 70.4 Å². The van der Waals surface area contributed by atoms with Crippen LogP contribution >= 0.6 is 0 Å². The van der Waals surface area contributed by atoms with E-state index in [2.05, 4.69) is 36.4 Å². The van der Waals surface area contributed by atoms with E-state index in [4.69, 9.17) is 5.73 Å². The van der Waals surface area contributed by atoms with Crippen LogP contribution in [0.15, 0.2) is 24.3 Å². The highest BCUT2D eigenvalue weighted by atomic mass is 16.2. The zero-order chi connectivity index (χ0) is 15.8. The second-order valence-electron chi connectivity index (χ2n) is 5.72. The van der Waals surface area contributed by atoms with Crippen molar-refractivity contribution in [1.82, 2.24) is 10.2 Å². The smallest absolute Gasteiger partial charge is 0.319 e.